The van der Waals surface area contributed by atoms with Crippen molar-refractivity contribution in [1.82, 2.24) is 10.2 Å². The second-order valence-electron chi connectivity index (χ2n) is 7.18. The van der Waals surface area contributed by atoms with Crippen LogP contribution in [0.5, 0.6) is 0 Å². The maximum absolute atomic E-state index is 12.7. The molecule has 0 radical (unpaired) electrons. The van der Waals surface area contributed by atoms with Crippen molar-refractivity contribution in [3.63, 3.8) is 0 Å². The zero-order chi connectivity index (χ0) is 18.0. The minimum Gasteiger partial charge on any atom is -0.445 e. The molecule has 2 aliphatic rings. The van der Waals surface area contributed by atoms with E-state index in [0.29, 0.717) is 31.2 Å². The second-order valence-corrected chi connectivity index (χ2v) is 7.18. The van der Waals surface area contributed by atoms with Gasteiger partial charge in [0.15, 0.2) is 5.60 Å². The van der Waals surface area contributed by atoms with Gasteiger partial charge in [-0.25, -0.2) is 4.79 Å². The molecule has 3 atom stereocenters. The molecule has 3 rings (SSSR count). The average molecular weight is 346 g/mol. The van der Waals surface area contributed by atoms with Crippen LogP contribution in [-0.4, -0.2) is 60.8 Å². The summed E-state index contributed by atoms with van der Waals surface area (Å²) in [6, 6.07) is 7.80. The summed E-state index contributed by atoms with van der Waals surface area (Å²) in [5.41, 5.74) is 0.233. The summed E-state index contributed by atoms with van der Waals surface area (Å²) in [6.45, 7) is 8.69. The van der Waals surface area contributed by atoms with Crippen molar-refractivity contribution in [2.45, 2.75) is 44.9 Å². The highest BCUT2D eigenvalue weighted by Gasteiger charge is 2.42. The lowest BCUT2D eigenvalue weighted by molar-refractivity contribution is -0.140. The molecule has 0 aliphatic carbocycles. The van der Waals surface area contributed by atoms with E-state index in [1.807, 2.05) is 12.1 Å². The van der Waals surface area contributed by atoms with Crippen LogP contribution in [0.3, 0.4) is 0 Å². The standard InChI is InChI=1S/C19H26N2O4/c1-13(21-8-9-24-12-14(21)2)11-20-18(23)19(3)10-15-6-4-5-7-16(15)17(22)25-19/h4-7,13-14H,8-12H2,1-3H3,(H,20,23)/t13-,14-,19-/m1/s1. The fourth-order valence-electron chi connectivity index (χ4n) is 3.60. The molecular formula is C19H26N2O4. The van der Waals surface area contributed by atoms with Gasteiger partial charge in [-0.3, -0.25) is 9.69 Å². The van der Waals surface area contributed by atoms with Gasteiger partial charge in [-0.15, -0.1) is 0 Å². The second kappa shape index (κ2) is 7.14. The quantitative estimate of drug-likeness (QED) is 0.835. The minimum absolute atomic E-state index is 0.193. The largest absolute Gasteiger partial charge is 0.445 e. The Labute approximate surface area is 148 Å². The summed E-state index contributed by atoms with van der Waals surface area (Å²) in [5.74, 6) is -0.683. The Balaban J connectivity index is 1.62. The van der Waals surface area contributed by atoms with E-state index >= 15 is 0 Å². The highest BCUT2D eigenvalue weighted by Crippen LogP contribution is 2.28. The van der Waals surface area contributed by atoms with E-state index in [4.69, 9.17) is 9.47 Å². The number of rotatable bonds is 4. The first kappa shape index (κ1) is 17.9. The number of hydrogen-bond acceptors (Lipinski definition) is 5. The van der Waals surface area contributed by atoms with Gasteiger partial charge >= 0.3 is 5.97 Å². The van der Waals surface area contributed by atoms with Gasteiger partial charge in [0, 0.05) is 31.6 Å². The number of cyclic esters (lactones) is 1. The van der Waals surface area contributed by atoms with E-state index in [0.717, 1.165) is 18.7 Å². The topological polar surface area (TPSA) is 67.9 Å². The Kier molecular flexibility index (Phi) is 5.11. The molecule has 1 aromatic carbocycles. The SMILES string of the molecule is C[C@H](CNC(=O)[C@@]1(C)Cc2ccccc2C(=O)O1)N1CCOC[C@H]1C. The Hall–Kier alpha value is -1.92. The molecular weight excluding hydrogens is 320 g/mol. The number of benzene rings is 1. The molecule has 1 saturated heterocycles. The van der Waals surface area contributed by atoms with Crippen molar-refractivity contribution in [3.8, 4) is 0 Å². The highest BCUT2D eigenvalue weighted by atomic mass is 16.6. The molecule has 2 heterocycles. The summed E-state index contributed by atoms with van der Waals surface area (Å²) in [5, 5.41) is 2.96. The summed E-state index contributed by atoms with van der Waals surface area (Å²) < 4.78 is 10.9. The molecule has 6 nitrogen and oxygen atoms in total. The van der Waals surface area contributed by atoms with Crippen LogP contribution in [0, 0.1) is 0 Å². The minimum atomic E-state index is -1.16. The lowest BCUT2D eigenvalue weighted by Gasteiger charge is -2.38. The molecule has 0 spiro atoms. The van der Waals surface area contributed by atoms with E-state index in [1.54, 1.807) is 19.1 Å². The van der Waals surface area contributed by atoms with Crippen LogP contribution >= 0.6 is 0 Å². The number of nitrogens with zero attached hydrogens (tertiary/aromatic N) is 1. The van der Waals surface area contributed by atoms with Crippen molar-refractivity contribution in [3.05, 3.63) is 35.4 Å². The van der Waals surface area contributed by atoms with Gasteiger partial charge < -0.3 is 14.8 Å². The van der Waals surface area contributed by atoms with E-state index < -0.39 is 11.6 Å². The highest BCUT2D eigenvalue weighted by molar-refractivity contribution is 5.97. The first-order valence-corrected chi connectivity index (χ1v) is 8.84. The predicted octanol–water partition coefficient (Wildman–Crippen LogP) is 1.38. The Bertz CT molecular complexity index is 663. The smallest absolute Gasteiger partial charge is 0.339 e. The maximum atomic E-state index is 12.7. The summed E-state index contributed by atoms with van der Waals surface area (Å²) in [4.78, 5) is 27.2. The van der Waals surface area contributed by atoms with E-state index in [1.165, 1.54) is 0 Å². The third kappa shape index (κ3) is 3.70. The van der Waals surface area contributed by atoms with Gasteiger partial charge in [0.05, 0.1) is 18.8 Å². The van der Waals surface area contributed by atoms with Gasteiger partial charge in [0.1, 0.15) is 0 Å². The molecule has 1 N–H and O–H groups in total. The molecule has 0 unspecified atom stereocenters. The van der Waals surface area contributed by atoms with Crippen LogP contribution in [0.4, 0.5) is 0 Å². The Morgan fingerprint density at radius 2 is 2.20 bits per heavy atom. The average Bonchev–Trinajstić information content (AvgIpc) is 2.59. The fraction of sp³-hybridized carbons (Fsp3) is 0.579. The third-order valence-corrected chi connectivity index (χ3v) is 5.11. The molecule has 1 aromatic rings. The molecule has 1 fully saturated rings. The first-order chi connectivity index (χ1) is 11.9. The number of nitrogens with one attached hydrogen (secondary N) is 1. The summed E-state index contributed by atoms with van der Waals surface area (Å²) in [6.07, 6.45) is 0.392. The van der Waals surface area contributed by atoms with Crippen LogP contribution < -0.4 is 5.32 Å². The van der Waals surface area contributed by atoms with Gasteiger partial charge in [-0.05, 0) is 32.4 Å². The van der Waals surface area contributed by atoms with Crippen LogP contribution in [0.2, 0.25) is 0 Å². The normalized spacial score (nSPS) is 28.0. The van der Waals surface area contributed by atoms with Crippen LogP contribution in [-0.2, 0) is 20.7 Å². The zero-order valence-corrected chi connectivity index (χ0v) is 15.1. The van der Waals surface area contributed by atoms with Gasteiger partial charge in [0.25, 0.3) is 5.91 Å². The van der Waals surface area contributed by atoms with Crippen LogP contribution in [0.25, 0.3) is 0 Å². The number of carbonyl (C=O) groups is 2. The Morgan fingerprint density at radius 1 is 1.44 bits per heavy atom. The Morgan fingerprint density at radius 3 is 2.96 bits per heavy atom. The lowest BCUT2D eigenvalue weighted by Crippen LogP contribution is -2.56. The molecule has 2 aliphatic heterocycles. The number of carbonyl (C=O) groups excluding carboxylic acids is 2. The molecule has 0 aromatic heterocycles. The van der Waals surface area contributed by atoms with Gasteiger partial charge in [-0.2, -0.15) is 0 Å². The van der Waals surface area contributed by atoms with Gasteiger partial charge in [-0.1, -0.05) is 18.2 Å². The van der Waals surface area contributed by atoms with Gasteiger partial charge in [0.2, 0.25) is 0 Å². The fourth-order valence-corrected chi connectivity index (χ4v) is 3.60. The van der Waals surface area contributed by atoms with Crippen molar-refractivity contribution in [1.29, 1.82) is 0 Å². The molecule has 0 saturated carbocycles. The van der Waals surface area contributed by atoms with E-state index in [2.05, 4.69) is 24.1 Å². The van der Waals surface area contributed by atoms with E-state index in [-0.39, 0.29) is 11.9 Å². The molecule has 1 amide bonds. The van der Waals surface area contributed by atoms with Crippen LogP contribution in [0.15, 0.2) is 24.3 Å². The maximum Gasteiger partial charge on any atom is 0.339 e. The van der Waals surface area contributed by atoms with Crippen LogP contribution in [0.1, 0.15) is 36.7 Å². The predicted molar refractivity (Wildman–Crippen MR) is 93.4 cm³/mol. The molecule has 6 heteroatoms. The number of fused-ring (bicyclic) bond motifs is 1. The number of esters is 1. The first-order valence-electron chi connectivity index (χ1n) is 8.84. The van der Waals surface area contributed by atoms with Crippen molar-refractivity contribution >= 4 is 11.9 Å². The monoisotopic (exact) mass is 346 g/mol. The lowest BCUT2D eigenvalue weighted by atomic mass is 9.89. The van der Waals surface area contributed by atoms with E-state index in [9.17, 15) is 9.59 Å². The third-order valence-electron chi connectivity index (χ3n) is 5.11. The van der Waals surface area contributed by atoms with Crippen molar-refractivity contribution in [2.75, 3.05) is 26.3 Å². The summed E-state index contributed by atoms with van der Waals surface area (Å²) in [7, 11) is 0. The van der Waals surface area contributed by atoms with Crippen molar-refractivity contribution < 1.29 is 19.1 Å². The number of morpholine rings is 1. The zero-order valence-electron chi connectivity index (χ0n) is 15.1. The molecule has 25 heavy (non-hydrogen) atoms. The molecule has 0 bridgehead atoms. The molecule has 136 valence electrons. The number of hydrogen-bond donors (Lipinski definition) is 1. The van der Waals surface area contributed by atoms with Crippen molar-refractivity contribution in [2.24, 2.45) is 0 Å². The number of ether oxygens (including phenoxy) is 2. The number of amides is 1. The summed E-state index contributed by atoms with van der Waals surface area (Å²) >= 11 is 0.